The number of rotatable bonds is 10. The summed E-state index contributed by atoms with van der Waals surface area (Å²) in [6.07, 6.45) is 16.3. The third kappa shape index (κ3) is 9.37. The van der Waals surface area contributed by atoms with E-state index in [2.05, 4.69) is 47.7 Å². The number of hydrogen-bond donors (Lipinski definition) is 2. The highest BCUT2D eigenvalue weighted by molar-refractivity contribution is 5.87. The number of aromatic nitrogens is 2. The maximum Gasteiger partial charge on any atom is 0.326 e. The Morgan fingerprint density at radius 3 is 2.67 bits per heavy atom. The van der Waals surface area contributed by atoms with Gasteiger partial charge in [0.15, 0.2) is 0 Å². The number of ether oxygens (including phenoxy) is 4. The van der Waals surface area contributed by atoms with Crippen molar-refractivity contribution in [2.45, 2.75) is 102 Å². The number of epoxide rings is 1. The summed E-state index contributed by atoms with van der Waals surface area (Å²) in [6.45, 7) is 10.4. The van der Waals surface area contributed by atoms with Gasteiger partial charge in [-0.1, -0.05) is 30.7 Å². The molecule has 0 radical (unpaired) electrons. The van der Waals surface area contributed by atoms with Crippen molar-refractivity contribution in [3.63, 3.8) is 0 Å². The van der Waals surface area contributed by atoms with Crippen molar-refractivity contribution in [2.24, 2.45) is 5.92 Å². The number of allylic oxidation sites excluding steroid dienone is 2. The van der Waals surface area contributed by atoms with Crippen LogP contribution >= 0.6 is 0 Å². The Balaban J connectivity index is 1.23. The van der Waals surface area contributed by atoms with E-state index >= 15 is 0 Å². The first kappa shape index (κ1) is 31.7. The van der Waals surface area contributed by atoms with Gasteiger partial charge in [0, 0.05) is 44.8 Å². The molecule has 1 spiro atoms. The molecule has 42 heavy (non-hydrogen) atoms. The van der Waals surface area contributed by atoms with Gasteiger partial charge in [-0.3, -0.25) is 14.2 Å². The van der Waals surface area contributed by atoms with Crippen molar-refractivity contribution in [1.82, 2.24) is 20.2 Å². The van der Waals surface area contributed by atoms with Gasteiger partial charge in [0.2, 0.25) is 5.91 Å². The van der Waals surface area contributed by atoms with Gasteiger partial charge in [-0.05, 0) is 45.6 Å². The second-order valence-corrected chi connectivity index (χ2v) is 11.8. The van der Waals surface area contributed by atoms with Crippen LogP contribution in [0.4, 0.5) is 4.79 Å². The molecule has 2 amide bonds. The van der Waals surface area contributed by atoms with E-state index in [9.17, 15) is 14.4 Å². The Kier molecular flexibility index (Phi) is 10.7. The van der Waals surface area contributed by atoms with Crippen molar-refractivity contribution in [3.8, 4) is 0 Å². The van der Waals surface area contributed by atoms with Crippen LogP contribution in [0.5, 0.6) is 0 Å². The lowest BCUT2D eigenvalue weighted by Crippen LogP contribution is -2.50. The molecule has 3 saturated heterocycles. The Hall–Kier alpha value is -3.28. The van der Waals surface area contributed by atoms with E-state index in [0.29, 0.717) is 6.54 Å². The summed E-state index contributed by atoms with van der Waals surface area (Å²) in [5.41, 5.74) is 0.963. The Morgan fingerprint density at radius 1 is 1.19 bits per heavy atom. The summed E-state index contributed by atoms with van der Waals surface area (Å²) in [7, 11) is 0. The highest BCUT2D eigenvalue weighted by atomic mass is 16.6. The van der Waals surface area contributed by atoms with Crippen LogP contribution in [0.2, 0.25) is 0 Å². The van der Waals surface area contributed by atoms with Gasteiger partial charge in [-0.25, -0.2) is 9.78 Å². The SMILES string of the molecule is CC(=O)OC(C)C=CC(=O)NC1CC(C)C(CC=C(C)C=CC2CC3(CO3)CC(CNC(=O)n3ccnc3)O2)OC1C. The lowest BCUT2D eigenvalue weighted by Gasteiger charge is -2.39. The monoisotopic (exact) mass is 584 g/mol. The summed E-state index contributed by atoms with van der Waals surface area (Å²) in [4.78, 5) is 39.6. The number of carbonyl (C=O) groups is 3. The molecule has 4 rings (SSSR count). The molecule has 0 aromatic carbocycles. The van der Waals surface area contributed by atoms with Crippen molar-refractivity contribution >= 4 is 17.9 Å². The van der Waals surface area contributed by atoms with Crippen LogP contribution in [0.3, 0.4) is 0 Å². The molecule has 2 N–H and O–H groups in total. The van der Waals surface area contributed by atoms with Gasteiger partial charge in [0.1, 0.15) is 12.4 Å². The van der Waals surface area contributed by atoms with Gasteiger partial charge in [0.25, 0.3) is 0 Å². The third-order valence-corrected chi connectivity index (χ3v) is 7.97. The summed E-state index contributed by atoms with van der Waals surface area (Å²) in [5.74, 6) is -0.356. The zero-order valence-electron chi connectivity index (χ0n) is 25.2. The smallest absolute Gasteiger partial charge is 0.326 e. The van der Waals surface area contributed by atoms with Gasteiger partial charge in [0.05, 0.1) is 42.7 Å². The molecule has 230 valence electrons. The van der Waals surface area contributed by atoms with Crippen molar-refractivity contribution in [3.05, 3.63) is 54.7 Å². The van der Waals surface area contributed by atoms with Crippen LogP contribution in [0.15, 0.2) is 54.7 Å². The predicted molar refractivity (Wildman–Crippen MR) is 156 cm³/mol. The number of amides is 2. The molecule has 1 aromatic rings. The first-order valence-electron chi connectivity index (χ1n) is 14.7. The van der Waals surface area contributed by atoms with Crippen LogP contribution in [-0.4, -0.2) is 82.8 Å². The number of nitrogens with zero attached hydrogens (tertiary/aromatic N) is 2. The largest absolute Gasteiger partial charge is 0.459 e. The van der Waals surface area contributed by atoms with Crippen LogP contribution in [0.25, 0.3) is 0 Å². The summed E-state index contributed by atoms with van der Waals surface area (Å²) in [6, 6.07) is -0.330. The summed E-state index contributed by atoms with van der Waals surface area (Å²) < 4.78 is 24.8. The topological polar surface area (TPSA) is 133 Å². The van der Waals surface area contributed by atoms with E-state index in [1.165, 1.54) is 23.9 Å². The molecule has 0 saturated carbocycles. The van der Waals surface area contributed by atoms with Crippen molar-refractivity contribution in [2.75, 3.05) is 13.2 Å². The van der Waals surface area contributed by atoms with Crippen LogP contribution in [0, 0.1) is 5.92 Å². The first-order chi connectivity index (χ1) is 20.0. The van der Waals surface area contributed by atoms with Gasteiger partial charge < -0.3 is 29.6 Å². The third-order valence-electron chi connectivity index (χ3n) is 7.97. The average Bonchev–Trinajstić information content (AvgIpc) is 3.42. The molecule has 3 aliphatic rings. The molecule has 3 fully saturated rings. The fraction of sp³-hybridized carbons (Fsp3) is 0.613. The Labute approximate surface area is 247 Å². The zero-order valence-corrected chi connectivity index (χ0v) is 25.2. The molecule has 8 unspecified atom stereocenters. The second-order valence-electron chi connectivity index (χ2n) is 11.8. The highest BCUT2D eigenvalue weighted by Crippen LogP contribution is 2.42. The van der Waals surface area contributed by atoms with E-state index < -0.39 is 6.10 Å². The van der Waals surface area contributed by atoms with Gasteiger partial charge in [-0.15, -0.1) is 0 Å². The van der Waals surface area contributed by atoms with Crippen LogP contribution in [0.1, 0.15) is 60.3 Å². The molecule has 11 heteroatoms. The molecule has 0 bridgehead atoms. The average molecular weight is 585 g/mol. The normalized spacial score (nSPS) is 32.2. The number of esters is 1. The molecular weight excluding hydrogens is 540 g/mol. The Morgan fingerprint density at radius 2 is 1.98 bits per heavy atom. The van der Waals surface area contributed by atoms with Crippen molar-refractivity contribution in [1.29, 1.82) is 0 Å². The molecule has 3 aliphatic heterocycles. The summed E-state index contributed by atoms with van der Waals surface area (Å²) >= 11 is 0. The lowest BCUT2D eigenvalue weighted by atomic mass is 9.88. The van der Waals surface area contributed by atoms with E-state index in [1.807, 2.05) is 6.92 Å². The zero-order chi connectivity index (χ0) is 30.3. The van der Waals surface area contributed by atoms with Gasteiger partial charge >= 0.3 is 12.0 Å². The number of carbonyl (C=O) groups excluding carboxylic acids is 3. The van der Waals surface area contributed by atoms with E-state index in [4.69, 9.17) is 18.9 Å². The fourth-order valence-corrected chi connectivity index (χ4v) is 5.55. The number of nitrogens with one attached hydrogen (secondary N) is 2. The number of hydrogen-bond acceptors (Lipinski definition) is 8. The molecule has 11 nitrogen and oxygen atoms in total. The van der Waals surface area contributed by atoms with Crippen LogP contribution in [-0.2, 0) is 28.5 Å². The van der Waals surface area contributed by atoms with E-state index in [1.54, 1.807) is 25.4 Å². The molecule has 4 heterocycles. The Bertz CT molecular complexity index is 1170. The highest BCUT2D eigenvalue weighted by Gasteiger charge is 2.51. The lowest BCUT2D eigenvalue weighted by molar-refractivity contribution is -0.143. The van der Waals surface area contributed by atoms with Crippen molar-refractivity contribution < 1.29 is 33.3 Å². The minimum absolute atomic E-state index is 0.0496. The maximum absolute atomic E-state index is 12.4. The maximum atomic E-state index is 12.4. The molecule has 1 aromatic heterocycles. The minimum Gasteiger partial charge on any atom is -0.459 e. The predicted octanol–water partition coefficient (Wildman–Crippen LogP) is 3.46. The first-order valence-corrected chi connectivity index (χ1v) is 14.7. The number of imidazole rings is 1. The molecule has 8 atom stereocenters. The molecular formula is C31H44N4O7. The van der Waals surface area contributed by atoms with E-state index in [0.717, 1.165) is 37.9 Å². The minimum atomic E-state index is -0.462. The van der Waals surface area contributed by atoms with Crippen LogP contribution < -0.4 is 10.6 Å². The second kappa shape index (κ2) is 14.3. The van der Waals surface area contributed by atoms with E-state index in [-0.39, 0.29) is 59.9 Å². The molecule has 0 aliphatic carbocycles. The summed E-state index contributed by atoms with van der Waals surface area (Å²) in [5, 5.41) is 5.93. The quantitative estimate of drug-likeness (QED) is 0.185. The van der Waals surface area contributed by atoms with Gasteiger partial charge in [-0.2, -0.15) is 0 Å². The fourth-order valence-electron chi connectivity index (χ4n) is 5.55. The standard InChI is InChI=1S/C31H44N4O7/c1-20(6-9-25-15-31(18-39-31)16-26(42-25)17-33-30(38)35-13-12-32-19-35)7-10-28-21(2)14-27(23(4)41-28)34-29(37)11-8-22(3)40-24(5)36/h6-9,11-13,19,21-23,25-28H,10,14-18H2,1-5H3,(H,33,38)(H,34,37).